The zero-order valence-corrected chi connectivity index (χ0v) is 14.5. The molecule has 1 unspecified atom stereocenters. The molecule has 2 rings (SSSR count). The number of anilines is 1. The number of nitrogens with zero attached hydrogens (tertiary/aromatic N) is 2. The molecule has 2 aromatic rings. The quantitative estimate of drug-likeness (QED) is 0.780. The summed E-state index contributed by atoms with van der Waals surface area (Å²) in [5.41, 5.74) is -1.33. The molecule has 0 fully saturated rings. The number of carbonyl (C=O) groups is 1. The van der Waals surface area contributed by atoms with Crippen LogP contribution in [0.15, 0.2) is 28.2 Å². The number of hydrogen-bond acceptors (Lipinski definition) is 5. The number of thioether (sulfide) groups is 1. The van der Waals surface area contributed by atoms with Crippen molar-refractivity contribution in [1.29, 1.82) is 0 Å². The summed E-state index contributed by atoms with van der Waals surface area (Å²) in [5, 5.41) is 8.68. The van der Waals surface area contributed by atoms with Crippen molar-refractivity contribution < 1.29 is 18.0 Å². The van der Waals surface area contributed by atoms with E-state index in [4.69, 9.17) is 11.6 Å². The zero-order valence-electron chi connectivity index (χ0n) is 12.9. The number of benzene rings is 1. The van der Waals surface area contributed by atoms with Gasteiger partial charge in [0.2, 0.25) is 5.91 Å². The summed E-state index contributed by atoms with van der Waals surface area (Å²) < 4.78 is 38.5. The first-order valence-corrected chi connectivity index (χ1v) is 8.11. The van der Waals surface area contributed by atoms with E-state index < -0.39 is 33.5 Å². The van der Waals surface area contributed by atoms with Gasteiger partial charge >= 0.3 is 6.18 Å². The number of amides is 1. The summed E-state index contributed by atoms with van der Waals surface area (Å²) >= 11 is 6.45. The van der Waals surface area contributed by atoms with Crippen LogP contribution in [-0.4, -0.2) is 26.3 Å². The highest BCUT2D eigenvalue weighted by Gasteiger charge is 2.33. The lowest BCUT2D eigenvalue weighted by Crippen LogP contribution is -2.24. The van der Waals surface area contributed by atoms with Gasteiger partial charge < -0.3 is 5.32 Å². The largest absolute Gasteiger partial charge is 0.417 e. The third-order valence-corrected chi connectivity index (χ3v) is 4.34. The molecule has 0 aliphatic carbocycles. The second-order valence-electron chi connectivity index (χ2n) is 4.99. The van der Waals surface area contributed by atoms with Crippen molar-refractivity contribution in [1.82, 2.24) is 15.2 Å². The number of aromatic nitrogens is 3. The molecular weight excluding hydrogens is 381 g/mol. The lowest BCUT2D eigenvalue weighted by atomic mass is 10.2. The van der Waals surface area contributed by atoms with Crippen molar-refractivity contribution in [2.75, 3.05) is 5.32 Å². The third kappa shape index (κ3) is 4.95. The van der Waals surface area contributed by atoms with Crippen molar-refractivity contribution in [3.05, 3.63) is 44.8 Å². The summed E-state index contributed by atoms with van der Waals surface area (Å²) in [5.74, 6) is -0.566. The van der Waals surface area contributed by atoms with Crippen molar-refractivity contribution in [2.24, 2.45) is 0 Å². The number of halogens is 4. The molecule has 1 aromatic heterocycles. The van der Waals surface area contributed by atoms with Crippen molar-refractivity contribution in [2.45, 2.75) is 30.4 Å². The summed E-state index contributed by atoms with van der Waals surface area (Å²) in [6, 6.07) is 3.08. The monoisotopic (exact) mass is 392 g/mol. The number of carbonyl (C=O) groups excluding carboxylic acids is 1. The highest BCUT2D eigenvalue weighted by molar-refractivity contribution is 8.00. The highest BCUT2D eigenvalue weighted by Crippen LogP contribution is 2.36. The van der Waals surface area contributed by atoms with Gasteiger partial charge in [-0.25, -0.2) is 0 Å². The van der Waals surface area contributed by atoms with Gasteiger partial charge in [0.25, 0.3) is 5.56 Å². The second-order valence-corrected chi connectivity index (χ2v) is 6.72. The molecule has 25 heavy (non-hydrogen) atoms. The zero-order chi connectivity index (χ0) is 18.8. The molecule has 0 bridgehead atoms. The fourth-order valence-electron chi connectivity index (χ4n) is 1.72. The predicted molar refractivity (Wildman–Crippen MR) is 87.8 cm³/mol. The molecule has 1 aromatic carbocycles. The van der Waals surface area contributed by atoms with Crippen LogP contribution in [0.2, 0.25) is 5.02 Å². The van der Waals surface area contributed by atoms with E-state index in [1.165, 1.54) is 19.9 Å². The van der Waals surface area contributed by atoms with Crippen LogP contribution >= 0.6 is 23.4 Å². The van der Waals surface area contributed by atoms with Gasteiger partial charge in [-0.15, -0.1) is 10.2 Å². The van der Waals surface area contributed by atoms with Crippen LogP contribution in [0.4, 0.5) is 18.9 Å². The highest BCUT2D eigenvalue weighted by atomic mass is 35.5. The topological polar surface area (TPSA) is 87.7 Å². The van der Waals surface area contributed by atoms with Gasteiger partial charge in [0.15, 0.2) is 5.16 Å². The number of H-pyrrole nitrogens is 1. The molecule has 0 aliphatic heterocycles. The maximum absolute atomic E-state index is 12.8. The Kier molecular flexibility index (Phi) is 5.73. The van der Waals surface area contributed by atoms with Gasteiger partial charge in [0, 0.05) is 5.69 Å². The number of alkyl halides is 3. The number of aryl methyl sites for hydroxylation is 1. The van der Waals surface area contributed by atoms with Crippen LogP contribution in [0.5, 0.6) is 0 Å². The Bertz CT molecular complexity index is 857. The summed E-state index contributed by atoms with van der Waals surface area (Å²) in [4.78, 5) is 26.0. The lowest BCUT2D eigenvalue weighted by Gasteiger charge is -2.14. The minimum absolute atomic E-state index is 0.0438. The van der Waals surface area contributed by atoms with Gasteiger partial charge in [-0.3, -0.25) is 14.6 Å². The predicted octanol–water partition coefficient (Wildman–Crippen LogP) is 3.26. The van der Waals surface area contributed by atoms with Gasteiger partial charge in [-0.2, -0.15) is 13.2 Å². The Balaban J connectivity index is 2.11. The lowest BCUT2D eigenvalue weighted by molar-refractivity contribution is -0.137. The first-order valence-electron chi connectivity index (χ1n) is 6.86. The van der Waals surface area contributed by atoms with Crippen LogP contribution in [0.1, 0.15) is 18.2 Å². The van der Waals surface area contributed by atoms with Crippen molar-refractivity contribution in [3.63, 3.8) is 0 Å². The van der Waals surface area contributed by atoms with Crippen LogP contribution < -0.4 is 10.9 Å². The summed E-state index contributed by atoms with van der Waals surface area (Å²) in [6.45, 7) is 3.00. The molecule has 0 spiro atoms. The van der Waals surface area contributed by atoms with E-state index in [0.717, 1.165) is 23.9 Å². The smallest absolute Gasteiger partial charge is 0.325 e. The molecule has 6 nitrogen and oxygen atoms in total. The SMILES string of the molecule is Cc1nnc(SC(C)C(=O)Nc2ccc(Cl)c(C(F)(F)F)c2)[nH]c1=O. The Morgan fingerprint density at radius 2 is 2.04 bits per heavy atom. The molecule has 2 N–H and O–H groups in total. The number of nitrogens with one attached hydrogen (secondary N) is 2. The van der Waals surface area contributed by atoms with Gasteiger partial charge in [-0.05, 0) is 32.0 Å². The van der Waals surface area contributed by atoms with Crippen molar-refractivity contribution >= 4 is 35.0 Å². The van der Waals surface area contributed by atoms with E-state index in [-0.39, 0.29) is 16.5 Å². The molecule has 11 heteroatoms. The van der Waals surface area contributed by atoms with E-state index in [1.54, 1.807) is 0 Å². The number of hydrogen-bond donors (Lipinski definition) is 2. The summed E-state index contributed by atoms with van der Waals surface area (Å²) in [7, 11) is 0. The van der Waals surface area contributed by atoms with E-state index in [2.05, 4.69) is 20.5 Å². The number of rotatable bonds is 4. The molecule has 0 saturated heterocycles. The Morgan fingerprint density at radius 1 is 1.36 bits per heavy atom. The first kappa shape index (κ1) is 19.3. The van der Waals surface area contributed by atoms with Gasteiger partial charge in [-0.1, -0.05) is 23.4 Å². The molecule has 134 valence electrons. The Morgan fingerprint density at radius 3 is 2.64 bits per heavy atom. The van der Waals surface area contributed by atoms with E-state index in [1.807, 2.05) is 0 Å². The van der Waals surface area contributed by atoms with Gasteiger partial charge in [0.1, 0.15) is 5.69 Å². The fraction of sp³-hybridized carbons (Fsp3) is 0.286. The number of aromatic amines is 1. The van der Waals surface area contributed by atoms with E-state index in [9.17, 15) is 22.8 Å². The van der Waals surface area contributed by atoms with Crippen molar-refractivity contribution in [3.8, 4) is 0 Å². The maximum atomic E-state index is 12.8. The first-order chi connectivity index (χ1) is 11.6. The Hall–Kier alpha value is -2.07. The third-order valence-electron chi connectivity index (χ3n) is 3.04. The minimum Gasteiger partial charge on any atom is -0.325 e. The van der Waals surface area contributed by atoms with E-state index in [0.29, 0.717) is 0 Å². The molecule has 1 amide bonds. The second kappa shape index (κ2) is 7.44. The van der Waals surface area contributed by atoms with Crippen LogP contribution in [0.25, 0.3) is 0 Å². The van der Waals surface area contributed by atoms with E-state index >= 15 is 0 Å². The maximum Gasteiger partial charge on any atom is 0.417 e. The van der Waals surface area contributed by atoms with Crippen LogP contribution in [-0.2, 0) is 11.0 Å². The van der Waals surface area contributed by atoms with Crippen LogP contribution in [0, 0.1) is 6.92 Å². The minimum atomic E-state index is -4.63. The molecule has 1 atom stereocenters. The Labute approximate surface area is 149 Å². The average Bonchev–Trinajstić information content (AvgIpc) is 2.51. The average molecular weight is 393 g/mol. The molecule has 0 radical (unpaired) electrons. The normalized spacial score (nSPS) is 12.7. The molecule has 0 saturated carbocycles. The van der Waals surface area contributed by atoms with Gasteiger partial charge in [0.05, 0.1) is 15.8 Å². The van der Waals surface area contributed by atoms with Crippen LogP contribution in [0.3, 0.4) is 0 Å². The fourth-order valence-corrected chi connectivity index (χ4v) is 2.68. The summed E-state index contributed by atoms with van der Waals surface area (Å²) in [6.07, 6.45) is -4.63. The molecule has 1 heterocycles. The standard InChI is InChI=1S/C14H12ClF3N4O2S/c1-6-11(23)20-13(22-21-6)25-7(2)12(24)19-8-3-4-10(15)9(5-8)14(16,17)18/h3-5,7H,1-2H3,(H,19,24)(H,20,22,23). The molecular formula is C14H12ClF3N4O2S. The molecule has 0 aliphatic rings.